The number of hydrogen-bond acceptors (Lipinski definition) is 4. The molecule has 1 fully saturated rings. The molecule has 3 rings (SSSR count). The van der Waals surface area contributed by atoms with E-state index in [2.05, 4.69) is 15.3 Å². The molecule has 7 heteroatoms. The third-order valence-corrected chi connectivity index (χ3v) is 4.86. The van der Waals surface area contributed by atoms with Gasteiger partial charge in [-0.1, -0.05) is 0 Å². The molecule has 0 radical (unpaired) electrons. The van der Waals surface area contributed by atoms with E-state index in [0.29, 0.717) is 18.2 Å². The number of H-pyrrole nitrogens is 1. The Balaban J connectivity index is 0.00000176. The Morgan fingerprint density at radius 3 is 3.00 bits per heavy atom. The molecule has 1 atom stereocenters. The van der Waals surface area contributed by atoms with Gasteiger partial charge in [-0.05, 0) is 44.5 Å². The maximum atomic E-state index is 12.7. The van der Waals surface area contributed by atoms with Crippen molar-refractivity contribution in [3.63, 3.8) is 0 Å². The third kappa shape index (κ3) is 3.88. The number of carbonyl (C=O) groups is 1. The Morgan fingerprint density at radius 2 is 2.41 bits per heavy atom. The predicted octanol–water partition coefficient (Wildman–Crippen LogP) is 2.45. The van der Waals surface area contributed by atoms with Gasteiger partial charge in [0.1, 0.15) is 5.69 Å². The molecule has 1 amide bonds. The van der Waals surface area contributed by atoms with Crippen LogP contribution in [-0.2, 0) is 6.54 Å². The van der Waals surface area contributed by atoms with E-state index in [4.69, 9.17) is 0 Å². The zero-order chi connectivity index (χ0) is 14.7. The van der Waals surface area contributed by atoms with Gasteiger partial charge in [-0.15, -0.1) is 23.7 Å². The summed E-state index contributed by atoms with van der Waals surface area (Å²) in [6, 6.07) is 3.70. The van der Waals surface area contributed by atoms with Crippen LogP contribution in [0.15, 0.2) is 23.8 Å². The molecule has 0 saturated carbocycles. The van der Waals surface area contributed by atoms with Crippen LogP contribution in [0, 0.1) is 12.8 Å². The van der Waals surface area contributed by atoms with Gasteiger partial charge in [0.05, 0.1) is 17.7 Å². The van der Waals surface area contributed by atoms with Crippen LogP contribution in [0.5, 0.6) is 0 Å². The number of nitrogens with zero attached hydrogens (tertiary/aromatic N) is 2. The summed E-state index contributed by atoms with van der Waals surface area (Å²) in [4.78, 5) is 23.1. The van der Waals surface area contributed by atoms with Crippen molar-refractivity contribution in [2.24, 2.45) is 5.92 Å². The van der Waals surface area contributed by atoms with Gasteiger partial charge in [-0.3, -0.25) is 4.79 Å². The van der Waals surface area contributed by atoms with Crippen LogP contribution >= 0.6 is 23.7 Å². The summed E-state index contributed by atoms with van der Waals surface area (Å²) >= 11 is 1.62. The second-order valence-electron chi connectivity index (χ2n) is 5.49. The predicted molar refractivity (Wildman–Crippen MR) is 90.6 cm³/mol. The number of rotatable bonds is 5. The van der Waals surface area contributed by atoms with Gasteiger partial charge in [-0.25, -0.2) is 4.98 Å². The molecule has 2 aromatic heterocycles. The highest BCUT2D eigenvalue weighted by Gasteiger charge is 2.24. The van der Waals surface area contributed by atoms with Crippen molar-refractivity contribution >= 4 is 29.7 Å². The fraction of sp³-hybridized carbons (Fsp3) is 0.467. The summed E-state index contributed by atoms with van der Waals surface area (Å²) in [7, 11) is 0. The van der Waals surface area contributed by atoms with Crippen LogP contribution in [0.1, 0.15) is 27.5 Å². The van der Waals surface area contributed by atoms with Gasteiger partial charge in [0.2, 0.25) is 0 Å². The largest absolute Gasteiger partial charge is 0.357 e. The summed E-state index contributed by atoms with van der Waals surface area (Å²) in [5.41, 5.74) is 3.52. The highest BCUT2D eigenvalue weighted by Crippen LogP contribution is 2.19. The fourth-order valence-corrected chi connectivity index (χ4v) is 3.48. The van der Waals surface area contributed by atoms with E-state index < -0.39 is 0 Å². The van der Waals surface area contributed by atoms with E-state index in [1.54, 1.807) is 17.5 Å². The zero-order valence-corrected chi connectivity index (χ0v) is 14.2. The van der Waals surface area contributed by atoms with Crippen molar-refractivity contribution in [1.82, 2.24) is 20.2 Å². The van der Waals surface area contributed by atoms with Crippen molar-refractivity contribution in [2.45, 2.75) is 19.9 Å². The van der Waals surface area contributed by atoms with Crippen LogP contribution in [0.3, 0.4) is 0 Å². The molecule has 0 spiro atoms. The molecule has 0 aromatic carbocycles. The number of hydrogen-bond donors (Lipinski definition) is 2. The van der Waals surface area contributed by atoms with Gasteiger partial charge >= 0.3 is 0 Å². The minimum absolute atomic E-state index is 0. The van der Waals surface area contributed by atoms with E-state index in [1.165, 1.54) is 4.88 Å². The van der Waals surface area contributed by atoms with E-state index in [-0.39, 0.29) is 18.3 Å². The summed E-state index contributed by atoms with van der Waals surface area (Å²) < 4.78 is 0. The first-order valence-electron chi connectivity index (χ1n) is 7.26. The Labute approximate surface area is 140 Å². The van der Waals surface area contributed by atoms with Crippen LogP contribution < -0.4 is 5.32 Å². The Hall–Kier alpha value is -1.37. The van der Waals surface area contributed by atoms with Crippen LogP contribution in [-0.4, -0.2) is 40.4 Å². The number of aryl methyl sites for hydroxylation is 1. The maximum absolute atomic E-state index is 12.7. The lowest BCUT2D eigenvalue weighted by molar-refractivity contribution is 0.0715. The Bertz CT molecular complexity index is 592. The van der Waals surface area contributed by atoms with Gasteiger partial charge < -0.3 is 15.2 Å². The van der Waals surface area contributed by atoms with Crippen LogP contribution in [0.2, 0.25) is 0 Å². The zero-order valence-electron chi connectivity index (χ0n) is 12.5. The lowest BCUT2D eigenvalue weighted by Crippen LogP contribution is -2.35. The minimum Gasteiger partial charge on any atom is -0.357 e. The molecule has 22 heavy (non-hydrogen) atoms. The van der Waals surface area contributed by atoms with Crippen molar-refractivity contribution in [3.8, 4) is 0 Å². The first kappa shape index (κ1) is 17.0. The molecule has 120 valence electrons. The number of carbonyl (C=O) groups excluding carboxylic acids is 1. The summed E-state index contributed by atoms with van der Waals surface area (Å²) in [6.07, 6.45) is 2.93. The molecule has 0 bridgehead atoms. The molecule has 2 N–H and O–H groups in total. The second-order valence-corrected chi connectivity index (χ2v) is 6.43. The third-order valence-electron chi connectivity index (χ3n) is 3.94. The lowest BCUT2D eigenvalue weighted by atomic mass is 10.1. The van der Waals surface area contributed by atoms with Crippen LogP contribution in [0.25, 0.3) is 0 Å². The quantitative estimate of drug-likeness (QED) is 0.879. The lowest BCUT2D eigenvalue weighted by Gasteiger charge is -2.25. The average molecular weight is 341 g/mol. The average Bonchev–Trinajstić information content (AvgIpc) is 3.20. The van der Waals surface area contributed by atoms with Crippen molar-refractivity contribution < 1.29 is 4.79 Å². The monoisotopic (exact) mass is 340 g/mol. The van der Waals surface area contributed by atoms with Crippen LogP contribution in [0.4, 0.5) is 0 Å². The van der Waals surface area contributed by atoms with Gasteiger partial charge in [-0.2, -0.15) is 0 Å². The highest BCUT2D eigenvalue weighted by atomic mass is 35.5. The molecule has 1 saturated heterocycles. The molecule has 2 aromatic rings. The Morgan fingerprint density at radius 1 is 1.55 bits per heavy atom. The first-order valence-corrected chi connectivity index (χ1v) is 8.14. The number of aromatic amines is 1. The number of thiazole rings is 1. The minimum atomic E-state index is 0. The fourth-order valence-electron chi connectivity index (χ4n) is 2.69. The summed E-state index contributed by atoms with van der Waals surface area (Å²) in [5, 5.41) is 3.37. The number of aromatic nitrogens is 2. The van der Waals surface area contributed by atoms with Gasteiger partial charge in [0, 0.05) is 17.6 Å². The molecule has 0 aliphatic carbocycles. The topological polar surface area (TPSA) is 61.0 Å². The van der Waals surface area contributed by atoms with Crippen molar-refractivity contribution in [1.29, 1.82) is 0 Å². The number of amides is 1. The van der Waals surface area contributed by atoms with Crippen molar-refractivity contribution in [3.05, 3.63) is 40.1 Å². The van der Waals surface area contributed by atoms with E-state index in [9.17, 15) is 4.79 Å². The van der Waals surface area contributed by atoms with Gasteiger partial charge in [0.15, 0.2) is 0 Å². The normalized spacial score (nSPS) is 17.2. The first-order chi connectivity index (χ1) is 10.2. The highest BCUT2D eigenvalue weighted by molar-refractivity contribution is 7.09. The second kappa shape index (κ2) is 7.76. The molecule has 1 unspecified atom stereocenters. The molecular weight excluding hydrogens is 320 g/mol. The van der Waals surface area contributed by atoms with Crippen molar-refractivity contribution in [2.75, 3.05) is 19.6 Å². The standard InChI is InChI=1S/C15H20N4OS.ClH/c1-11-14(21-10-18-11)9-19(8-12-4-6-16-7-12)15(20)13-3-2-5-17-13;/h2-3,5,10,12,16-17H,4,6-9H2,1H3;1H. The molecule has 1 aliphatic rings. The summed E-state index contributed by atoms with van der Waals surface area (Å²) in [6.45, 7) is 5.48. The summed E-state index contributed by atoms with van der Waals surface area (Å²) in [5.74, 6) is 0.608. The Kier molecular flexibility index (Phi) is 5.99. The smallest absolute Gasteiger partial charge is 0.270 e. The number of halogens is 1. The number of nitrogens with one attached hydrogen (secondary N) is 2. The van der Waals surface area contributed by atoms with E-state index in [1.807, 2.05) is 29.5 Å². The van der Waals surface area contributed by atoms with E-state index in [0.717, 1.165) is 31.7 Å². The molecule has 1 aliphatic heterocycles. The molecule has 3 heterocycles. The molecule has 5 nitrogen and oxygen atoms in total. The van der Waals surface area contributed by atoms with E-state index >= 15 is 0 Å². The molecular formula is C15H21ClN4OS. The maximum Gasteiger partial charge on any atom is 0.270 e. The SMILES string of the molecule is Cc1ncsc1CN(CC1CCNC1)C(=O)c1ccc[nH]1.Cl. The van der Waals surface area contributed by atoms with Gasteiger partial charge in [0.25, 0.3) is 5.91 Å².